The van der Waals surface area contributed by atoms with Crippen molar-refractivity contribution in [2.24, 2.45) is 0 Å². The molecule has 0 saturated heterocycles. The van der Waals surface area contributed by atoms with Crippen molar-refractivity contribution in [3.8, 4) is 0 Å². The summed E-state index contributed by atoms with van der Waals surface area (Å²) in [6.45, 7) is 0. The first kappa shape index (κ1) is 18.5. The molecule has 0 amide bonds. The molecule has 0 spiro atoms. The fraction of sp³-hybridized carbons (Fsp3) is 0.250. The van der Waals surface area contributed by atoms with Crippen molar-refractivity contribution < 1.29 is 30.6 Å². The highest BCUT2D eigenvalue weighted by Crippen LogP contribution is 2.47. The largest absolute Gasteiger partial charge is 0.407 e. The van der Waals surface area contributed by atoms with Gasteiger partial charge in [0.25, 0.3) is 0 Å². The lowest BCUT2D eigenvalue weighted by Crippen LogP contribution is -2.34. The molecule has 0 aromatic heterocycles. The number of halogens is 6. The third kappa shape index (κ3) is 4.17. The molecule has 0 heterocycles. The highest BCUT2D eigenvalue weighted by atomic mass is 32.2. The van der Waals surface area contributed by atoms with Gasteiger partial charge >= 0.3 is 12.4 Å². The van der Waals surface area contributed by atoms with E-state index in [0.717, 1.165) is 24.3 Å². The summed E-state index contributed by atoms with van der Waals surface area (Å²) in [7, 11) is -3.29. The topological polar surface area (TPSA) is 17.1 Å². The third-order valence-corrected chi connectivity index (χ3v) is 5.27. The second-order valence-electron chi connectivity index (χ2n) is 4.99. The van der Waals surface area contributed by atoms with Crippen LogP contribution < -0.4 is 0 Å². The zero-order valence-corrected chi connectivity index (χ0v) is 12.8. The molecule has 0 aliphatic rings. The van der Waals surface area contributed by atoms with Crippen molar-refractivity contribution in [3.05, 3.63) is 71.8 Å². The molecule has 2 atom stereocenters. The molecule has 2 rings (SSSR count). The van der Waals surface area contributed by atoms with Crippen LogP contribution in [0.2, 0.25) is 0 Å². The number of rotatable bonds is 4. The Morgan fingerprint density at radius 2 is 0.917 bits per heavy atom. The molecule has 0 saturated carbocycles. The van der Waals surface area contributed by atoms with E-state index in [0.29, 0.717) is 0 Å². The first-order valence-electron chi connectivity index (χ1n) is 6.75. The monoisotopic (exact) mass is 366 g/mol. The van der Waals surface area contributed by atoms with E-state index in [1.807, 2.05) is 0 Å². The molecular formula is C16H12F6OS. The van der Waals surface area contributed by atoms with Crippen LogP contribution in [0.3, 0.4) is 0 Å². The summed E-state index contributed by atoms with van der Waals surface area (Å²) in [5.74, 6) is 0. The Hall–Kier alpha value is -1.83. The van der Waals surface area contributed by atoms with Crippen LogP contribution in [0, 0.1) is 0 Å². The highest BCUT2D eigenvalue weighted by Gasteiger charge is 2.54. The predicted molar refractivity (Wildman–Crippen MR) is 78.6 cm³/mol. The number of alkyl halides is 6. The SMILES string of the molecule is O=S(C(c1ccccc1)C(F)(F)F)C(c1ccccc1)C(F)(F)F. The van der Waals surface area contributed by atoms with Crippen LogP contribution in [0.4, 0.5) is 26.3 Å². The van der Waals surface area contributed by atoms with Gasteiger partial charge in [0.15, 0.2) is 10.5 Å². The summed E-state index contributed by atoms with van der Waals surface area (Å²) in [6.07, 6.45) is -10.2. The molecule has 2 unspecified atom stereocenters. The molecule has 0 fully saturated rings. The van der Waals surface area contributed by atoms with Gasteiger partial charge in [-0.25, -0.2) is 0 Å². The van der Waals surface area contributed by atoms with E-state index in [9.17, 15) is 30.6 Å². The van der Waals surface area contributed by atoms with Crippen LogP contribution >= 0.6 is 0 Å². The van der Waals surface area contributed by atoms with Crippen LogP contribution in [0.5, 0.6) is 0 Å². The lowest BCUT2D eigenvalue weighted by Gasteiger charge is -2.27. The van der Waals surface area contributed by atoms with E-state index < -0.39 is 44.8 Å². The molecule has 24 heavy (non-hydrogen) atoms. The van der Waals surface area contributed by atoms with Gasteiger partial charge in [0.05, 0.1) is 10.8 Å². The molecule has 0 aliphatic carbocycles. The van der Waals surface area contributed by atoms with Crippen LogP contribution in [0.1, 0.15) is 21.6 Å². The van der Waals surface area contributed by atoms with Crippen molar-refractivity contribution >= 4 is 10.8 Å². The second-order valence-corrected chi connectivity index (χ2v) is 6.59. The summed E-state index contributed by atoms with van der Waals surface area (Å²) < 4.78 is 92.6. The summed E-state index contributed by atoms with van der Waals surface area (Å²) >= 11 is 0. The first-order valence-corrected chi connectivity index (χ1v) is 8.02. The third-order valence-electron chi connectivity index (χ3n) is 3.26. The molecule has 2 aromatic rings. The van der Waals surface area contributed by atoms with Gasteiger partial charge < -0.3 is 0 Å². The second kappa shape index (κ2) is 6.96. The maximum absolute atomic E-state index is 13.4. The number of hydrogen-bond donors (Lipinski definition) is 0. The fourth-order valence-electron chi connectivity index (χ4n) is 2.30. The highest BCUT2D eigenvalue weighted by molar-refractivity contribution is 7.85. The van der Waals surface area contributed by atoms with E-state index in [-0.39, 0.29) is 0 Å². The Morgan fingerprint density at radius 1 is 0.625 bits per heavy atom. The average Bonchev–Trinajstić information content (AvgIpc) is 2.46. The lowest BCUT2D eigenvalue weighted by molar-refractivity contribution is -0.138. The van der Waals surface area contributed by atoms with Gasteiger partial charge in [0, 0.05) is 0 Å². The van der Waals surface area contributed by atoms with E-state index >= 15 is 0 Å². The van der Waals surface area contributed by atoms with Gasteiger partial charge in [-0.1, -0.05) is 60.7 Å². The minimum Gasteiger partial charge on any atom is -0.258 e. The normalized spacial score (nSPS) is 16.4. The standard InChI is InChI=1S/C16H12F6OS/c17-15(18,19)13(11-7-3-1-4-8-11)24(23)14(16(20,21)22)12-9-5-2-6-10-12/h1-10,13-14H. The summed E-state index contributed by atoms with van der Waals surface area (Å²) in [6, 6.07) is 12.0. The molecule has 1 nitrogen and oxygen atoms in total. The van der Waals surface area contributed by atoms with Gasteiger partial charge in [-0.15, -0.1) is 0 Å². The first-order chi connectivity index (χ1) is 11.1. The van der Waals surface area contributed by atoms with Crippen LogP contribution in [0.15, 0.2) is 60.7 Å². The van der Waals surface area contributed by atoms with Crippen LogP contribution in [-0.4, -0.2) is 16.6 Å². The molecule has 130 valence electrons. The zero-order chi connectivity index (χ0) is 18.0. The van der Waals surface area contributed by atoms with Crippen LogP contribution in [-0.2, 0) is 10.8 Å². The number of hydrogen-bond acceptors (Lipinski definition) is 1. The molecular weight excluding hydrogens is 354 g/mol. The molecule has 0 bridgehead atoms. The Morgan fingerprint density at radius 3 is 1.17 bits per heavy atom. The molecule has 2 aromatic carbocycles. The minimum absolute atomic E-state index is 0.464. The van der Waals surface area contributed by atoms with E-state index in [1.165, 1.54) is 36.4 Å². The summed E-state index contributed by atoms with van der Waals surface area (Å²) in [4.78, 5) is 0. The molecule has 0 radical (unpaired) electrons. The smallest absolute Gasteiger partial charge is 0.258 e. The summed E-state index contributed by atoms with van der Waals surface area (Å²) in [5, 5.41) is -5.46. The Labute approximate surface area is 136 Å². The molecule has 8 heteroatoms. The maximum Gasteiger partial charge on any atom is 0.407 e. The van der Waals surface area contributed by atoms with Crippen molar-refractivity contribution in [2.45, 2.75) is 22.9 Å². The fourth-order valence-corrected chi connectivity index (χ4v) is 3.95. The van der Waals surface area contributed by atoms with Gasteiger partial charge in [0.1, 0.15) is 0 Å². The van der Waals surface area contributed by atoms with Gasteiger partial charge in [-0.3, -0.25) is 4.21 Å². The van der Waals surface area contributed by atoms with Crippen molar-refractivity contribution in [3.63, 3.8) is 0 Å². The zero-order valence-electron chi connectivity index (χ0n) is 12.0. The van der Waals surface area contributed by atoms with Crippen molar-refractivity contribution in [1.82, 2.24) is 0 Å². The average molecular weight is 366 g/mol. The Bertz CT molecular complexity index is 622. The number of benzene rings is 2. The van der Waals surface area contributed by atoms with Gasteiger partial charge in [-0.05, 0) is 11.1 Å². The van der Waals surface area contributed by atoms with Crippen molar-refractivity contribution in [2.75, 3.05) is 0 Å². The minimum atomic E-state index is -5.08. The van der Waals surface area contributed by atoms with E-state index in [4.69, 9.17) is 0 Å². The summed E-state index contributed by atoms with van der Waals surface area (Å²) in [5.41, 5.74) is -0.929. The van der Waals surface area contributed by atoms with E-state index in [2.05, 4.69) is 0 Å². The molecule has 0 N–H and O–H groups in total. The quantitative estimate of drug-likeness (QED) is 0.668. The van der Waals surface area contributed by atoms with Crippen LogP contribution in [0.25, 0.3) is 0 Å². The Kier molecular flexibility index (Phi) is 5.37. The van der Waals surface area contributed by atoms with Crippen molar-refractivity contribution in [1.29, 1.82) is 0 Å². The molecule has 0 aliphatic heterocycles. The van der Waals surface area contributed by atoms with E-state index in [1.54, 1.807) is 0 Å². The predicted octanol–water partition coefficient (Wildman–Crippen LogP) is 5.34. The van der Waals surface area contributed by atoms with Gasteiger partial charge in [-0.2, -0.15) is 26.3 Å². The lowest BCUT2D eigenvalue weighted by atomic mass is 10.1. The Balaban J connectivity index is 2.54. The van der Waals surface area contributed by atoms with Gasteiger partial charge in [0.2, 0.25) is 0 Å². The maximum atomic E-state index is 13.4.